The topological polar surface area (TPSA) is 58.6 Å². The Morgan fingerprint density at radius 3 is 2.75 bits per heavy atom. The Bertz CT molecular complexity index is 686. The second-order valence-electron chi connectivity index (χ2n) is 4.06. The van der Waals surface area contributed by atoms with Crippen molar-refractivity contribution in [3.63, 3.8) is 0 Å². The average molecular weight is 267 g/mol. The van der Waals surface area contributed by atoms with Crippen LogP contribution < -0.4 is 10.1 Å². The van der Waals surface area contributed by atoms with E-state index in [0.29, 0.717) is 17.0 Å². The zero-order valence-electron chi connectivity index (χ0n) is 10.9. The fraction of sp³-hybridized carbons (Fsp3) is 0.0625. The summed E-state index contributed by atoms with van der Waals surface area (Å²) in [6.07, 6.45) is 5.30. The molecule has 2 N–H and O–H groups in total. The van der Waals surface area contributed by atoms with Gasteiger partial charge in [0.1, 0.15) is 11.5 Å². The smallest absolute Gasteiger partial charge is 0.259 e. The highest BCUT2D eigenvalue weighted by atomic mass is 16.5. The molecule has 0 fully saturated rings. The summed E-state index contributed by atoms with van der Waals surface area (Å²) in [4.78, 5) is 12.1. The van der Waals surface area contributed by atoms with E-state index in [1.165, 1.54) is 19.2 Å². The van der Waals surface area contributed by atoms with E-state index < -0.39 is 5.91 Å². The standard InChI is InChI=1S/C16H13NO3/c1-3-11-5-4-6-12(9-11)17-16(19)14-8-7-13(20-2)10-15(14)18/h1,4-10,18H,2H3,(H,17,19). The molecule has 0 aromatic heterocycles. The summed E-state index contributed by atoms with van der Waals surface area (Å²) in [5.74, 6) is 2.41. The van der Waals surface area contributed by atoms with Gasteiger partial charge in [0.05, 0.1) is 12.7 Å². The molecule has 2 rings (SSSR count). The highest BCUT2D eigenvalue weighted by molar-refractivity contribution is 6.06. The first kappa shape index (κ1) is 13.5. The Morgan fingerprint density at radius 1 is 1.30 bits per heavy atom. The molecule has 1 amide bonds. The first-order valence-corrected chi connectivity index (χ1v) is 5.89. The molecule has 0 saturated heterocycles. The van der Waals surface area contributed by atoms with Crippen LogP contribution in [0.5, 0.6) is 11.5 Å². The van der Waals surface area contributed by atoms with E-state index in [4.69, 9.17) is 11.2 Å². The fourth-order valence-corrected chi connectivity index (χ4v) is 1.72. The van der Waals surface area contributed by atoms with Gasteiger partial charge in [-0.15, -0.1) is 6.42 Å². The molecule has 0 aliphatic heterocycles. The molecule has 0 unspecified atom stereocenters. The van der Waals surface area contributed by atoms with E-state index in [9.17, 15) is 9.90 Å². The Hall–Kier alpha value is -2.93. The van der Waals surface area contributed by atoms with Gasteiger partial charge in [-0.2, -0.15) is 0 Å². The largest absolute Gasteiger partial charge is 0.507 e. The number of anilines is 1. The van der Waals surface area contributed by atoms with Crippen molar-refractivity contribution < 1.29 is 14.6 Å². The minimum absolute atomic E-state index is 0.144. The van der Waals surface area contributed by atoms with Crippen molar-refractivity contribution in [3.8, 4) is 23.8 Å². The van der Waals surface area contributed by atoms with Gasteiger partial charge in [0.25, 0.3) is 5.91 Å². The van der Waals surface area contributed by atoms with E-state index in [1.54, 1.807) is 30.3 Å². The van der Waals surface area contributed by atoms with Gasteiger partial charge in [0.2, 0.25) is 0 Å². The number of nitrogens with one attached hydrogen (secondary N) is 1. The van der Waals surface area contributed by atoms with Gasteiger partial charge in [-0.25, -0.2) is 0 Å². The zero-order chi connectivity index (χ0) is 14.5. The molecule has 20 heavy (non-hydrogen) atoms. The minimum Gasteiger partial charge on any atom is -0.507 e. The van der Waals surface area contributed by atoms with E-state index >= 15 is 0 Å². The summed E-state index contributed by atoms with van der Waals surface area (Å²) in [7, 11) is 1.49. The number of hydrogen-bond donors (Lipinski definition) is 2. The number of amides is 1. The van der Waals surface area contributed by atoms with Crippen LogP contribution in [0.1, 0.15) is 15.9 Å². The van der Waals surface area contributed by atoms with Crippen molar-refractivity contribution in [2.24, 2.45) is 0 Å². The van der Waals surface area contributed by atoms with Crippen LogP contribution >= 0.6 is 0 Å². The maximum atomic E-state index is 12.1. The van der Waals surface area contributed by atoms with Crippen molar-refractivity contribution in [2.45, 2.75) is 0 Å². The molecule has 0 atom stereocenters. The van der Waals surface area contributed by atoms with Crippen LogP contribution in [0.2, 0.25) is 0 Å². The van der Waals surface area contributed by atoms with Crippen LogP contribution in [-0.4, -0.2) is 18.1 Å². The third-order valence-electron chi connectivity index (χ3n) is 2.74. The molecule has 100 valence electrons. The normalized spacial score (nSPS) is 9.60. The van der Waals surface area contributed by atoms with Crippen LogP contribution in [-0.2, 0) is 0 Å². The first-order valence-electron chi connectivity index (χ1n) is 5.89. The minimum atomic E-state index is -0.417. The van der Waals surface area contributed by atoms with E-state index in [1.807, 2.05) is 0 Å². The molecule has 2 aromatic rings. The van der Waals surface area contributed by atoms with Crippen molar-refractivity contribution >= 4 is 11.6 Å². The van der Waals surface area contributed by atoms with E-state index in [-0.39, 0.29) is 11.3 Å². The van der Waals surface area contributed by atoms with Crippen LogP contribution in [0.25, 0.3) is 0 Å². The summed E-state index contributed by atoms with van der Waals surface area (Å²) in [6.45, 7) is 0. The predicted molar refractivity (Wildman–Crippen MR) is 77.0 cm³/mol. The number of carbonyl (C=O) groups excluding carboxylic acids is 1. The Balaban J connectivity index is 2.22. The second kappa shape index (κ2) is 5.81. The lowest BCUT2D eigenvalue weighted by atomic mass is 10.1. The number of terminal acetylenes is 1. The molecule has 4 nitrogen and oxygen atoms in total. The highest BCUT2D eigenvalue weighted by Crippen LogP contribution is 2.24. The SMILES string of the molecule is C#Cc1cccc(NC(=O)c2ccc(OC)cc2O)c1. The van der Waals surface area contributed by atoms with Crippen molar-refractivity contribution in [3.05, 3.63) is 53.6 Å². The molecule has 0 aliphatic carbocycles. The molecule has 2 aromatic carbocycles. The van der Waals surface area contributed by atoms with Crippen molar-refractivity contribution in [2.75, 3.05) is 12.4 Å². The van der Waals surface area contributed by atoms with Gasteiger partial charge in [-0.1, -0.05) is 12.0 Å². The predicted octanol–water partition coefficient (Wildman–Crippen LogP) is 2.63. The second-order valence-corrected chi connectivity index (χ2v) is 4.06. The number of phenolic OH excluding ortho intramolecular Hbond substituents is 1. The molecule has 0 aliphatic rings. The number of benzene rings is 2. The number of ether oxygens (including phenoxy) is 1. The number of hydrogen-bond acceptors (Lipinski definition) is 3. The quantitative estimate of drug-likeness (QED) is 0.840. The molecule has 4 heteroatoms. The summed E-state index contributed by atoms with van der Waals surface area (Å²) in [5, 5.41) is 12.5. The lowest BCUT2D eigenvalue weighted by Gasteiger charge is -2.08. The van der Waals surface area contributed by atoms with Crippen molar-refractivity contribution in [1.29, 1.82) is 0 Å². The molecule has 0 spiro atoms. The third-order valence-corrected chi connectivity index (χ3v) is 2.74. The van der Waals surface area contributed by atoms with Crippen LogP contribution in [0.3, 0.4) is 0 Å². The van der Waals surface area contributed by atoms with Gasteiger partial charge in [0.15, 0.2) is 0 Å². The van der Waals surface area contributed by atoms with Gasteiger partial charge in [-0.05, 0) is 30.3 Å². The van der Waals surface area contributed by atoms with Gasteiger partial charge in [-0.3, -0.25) is 4.79 Å². The molecule has 0 heterocycles. The summed E-state index contributed by atoms with van der Waals surface area (Å²) in [6, 6.07) is 11.4. The molecular weight excluding hydrogens is 254 g/mol. The monoisotopic (exact) mass is 267 g/mol. The van der Waals surface area contributed by atoms with Gasteiger partial charge >= 0.3 is 0 Å². The Kier molecular flexibility index (Phi) is 3.92. The molecular formula is C16H13NO3. The first-order chi connectivity index (χ1) is 9.63. The summed E-state index contributed by atoms with van der Waals surface area (Å²) >= 11 is 0. The summed E-state index contributed by atoms with van der Waals surface area (Å²) in [5.41, 5.74) is 1.40. The lowest BCUT2D eigenvalue weighted by Crippen LogP contribution is -2.12. The third kappa shape index (κ3) is 2.90. The Labute approximate surface area is 117 Å². The highest BCUT2D eigenvalue weighted by Gasteiger charge is 2.12. The molecule has 0 radical (unpaired) electrons. The number of aromatic hydroxyl groups is 1. The van der Waals surface area contributed by atoms with Crippen LogP contribution in [0.15, 0.2) is 42.5 Å². The Morgan fingerprint density at radius 2 is 2.10 bits per heavy atom. The van der Waals surface area contributed by atoms with Gasteiger partial charge < -0.3 is 15.2 Å². The van der Waals surface area contributed by atoms with Gasteiger partial charge in [0, 0.05) is 17.3 Å². The fourth-order valence-electron chi connectivity index (χ4n) is 1.72. The maximum absolute atomic E-state index is 12.1. The van der Waals surface area contributed by atoms with E-state index in [0.717, 1.165) is 0 Å². The van der Waals surface area contributed by atoms with Crippen molar-refractivity contribution in [1.82, 2.24) is 0 Å². The number of methoxy groups -OCH3 is 1. The number of rotatable bonds is 3. The lowest BCUT2D eigenvalue weighted by molar-refractivity contribution is 0.102. The molecule has 0 saturated carbocycles. The molecule has 0 bridgehead atoms. The maximum Gasteiger partial charge on any atom is 0.259 e. The number of phenols is 1. The zero-order valence-corrected chi connectivity index (χ0v) is 10.9. The van der Waals surface area contributed by atoms with Crippen LogP contribution in [0.4, 0.5) is 5.69 Å². The number of carbonyl (C=O) groups is 1. The van der Waals surface area contributed by atoms with Crippen LogP contribution in [0, 0.1) is 12.3 Å². The average Bonchev–Trinajstić information content (AvgIpc) is 2.47. The van der Waals surface area contributed by atoms with E-state index in [2.05, 4.69) is 11.2 Å². The summed E-state index contributed by atoms with van der Waals surface area (Å²) < 4.78 is 4.96.